The van der Waals surface area contributed by atoms with Crippen molar-refractivity contribution in [2.24, 2.45) is 11.7 Å². The summed E-state index contributed by atoms with van der Waals surface area (Å²) in [4.78, 5) is 23.7. The maximum Gasteiger partial charge on any atom is 0.252 e. The third kappa shape index (κ3) is 2.81. The lowest BCUT2D eigenvalue weighted by molar-refractivity contribution is 0.0944. The van der Waals surface area contributed by atoms with Gasteiger partial charge in [-0.05, 0) is 5.75 Å². The van der Waals surface area contributed by atoms with Gasteiger partial charge in [0.15, 0.2) is 5.78 Å². The molecular formula is C11H16N2O2S2. The molecule has 4 N–H and O–H groups in total. The number of anilines is 1. The Morgan fingerprint density at radius 2 is 2.00 bits per heavy atom. The zero-order chi connectivity index (χ0) is 13.2. The summed E-state index contributed by atoms with van der Waals surface area (Å²) < 4.78 is 0.738. The van der Waals surface area contributed by atoms with Crippen molar-refractivity contribution in [2.75, 3.05) is 11.5 Å². The quantitative estimate of drug-likeness (QED) is 0.636. The average Bonchev–Trinajstić information content (AvgIpc) is 2.54. The minimum absolute atomic E-state index is 0.0436. The van der Waals surface area contributed by atoms with Gasteiger partial charge in [-0.25, -0.2) is 0 Å². The molecule has 0 aliphatic carbocycles. The third-order valence-corrected chi connectivity index (χ3v) is 4.56. The Morgan fingerprint density at radius 1 is 1.41 bits per heavy atom. The van der Waals surface area contributed by atoms with E-state index in [9.17, 15) is 9.59 Å². The molecule has 1 heterocycles. The molecule has 1 aromatic heterocycles. The zero-order valence-electron chi connectivity index (χ0n) is 10.1. The number of carbonyl (C=O) groups excluding carboxylic acids is 2. The second-order valence-corrected chi connectivity index (χ2v) is 6.38. The van der Waals surface area contributed by atoms with E-state index in [1.54, 1.807) is 13.8 Å². The Labute approximate surface area is 109 Å². The fourth-order valence-electron chi connectivity index (χ4n) is 1.33. The van der Waals surface area contributed by atoms with E-state index in [-0.39, 0.29) is 17.4 Å². The molecule has 0 bridgehead atoms. The smallest absolute Gasteiger partial charge is 0.252 e. The molecule has 0 aliphatic rings. The van der Waals surface area contributed by atoms with Crippen LogP contribution < -0.4 is 11.5 Å². The predicted octanol–water partition coefficient (Wildman–Crippen LogP) is 2.38. The SMILES string of the molecule is CCSc1sc(C(=O)C(C)C)c(N)c1C(N)=O. The lowest BCUT2D eigenvalue weighted by atomic mass is 10.1. The number of rotatable bonds is 5. The number of ketones is 1. The van der Waals surface area contributed by atoms with E-state index < -0.39 is 5.91 Å². The summed E-state index contributed by atoms with van der Waals surface area (Å²) in [5.74, 6) is 0.0434. The molecule has 1 aromatic rings. The van der Waals surface area contributed by atoms with Gasteiger partial charge in [0.25, 0.3) is 5.91 Å². The minimum atomic E-state index is -0.572. The van der Waals surface area contributed by atoms with E-state index in [2.05, 4.69) is 0 Å². The van der Waals surface area contributed by atoms with Crippen LogP contribution in [0, 0.1) is 5.92 Å². The van der Waals surface area contributed by atoms with Gasteiger partial charge in [0.05, 0.1) is 20.3 Å². The molecule has 0 aromatic carbocycles. The molecule has 1 amide bonds. The molecule has 0 atom stereocenters. The molecule has 17 heavy (non-hydrogen) atoms. The highest BCUT2D eigenvalue weighted by atomic mass is 32.2. The van der Waals surface area contributed by atoms with Gasteiger partial charge in [-0.15, -0.1) is 23.1 Å². The number of amides is 1. The van der Waals surface area contributed by atoms with Gasteiger partial charge in [-0.2, -0.15) is 0 Å². The molecule has 0 saturated heterocycles. The lowest BCUT2D eigenvalue weighted by Gasteiger charge is -2.02. The van der Waals surface area contributed by atoms with E-state index in [1.165, 1.54) is 23.1 Å². The standard InChI is InChI=1S/C11H16N2O2S2/c1-4-16-11-6(10(13)15)7(12)9(17-11)8(14)5(2)3/h5H,4,12H2,1-3H3,(H2,13,15). The second-order valence-electron chi connectivity index (χ2n) is 3.82. The van der Waals surface area contributed by atoms with Gasteiger partial charge in [0.1, 0.15) is 0 Å². The number of primary amides is 1. The predicted molar refractivity (Wildman–Crippen MR) is 72.8 cm³/mol. The van der Waals surface area contributed by atoms with Gasteiger partial charge in [-0.3, -0.25) is 9.59 Å². The van der Waals surface area contributed by atoms with Crippen molar-refractivity contribution >= 4 is 40.5 Å². The van der Waals surface area contributed by atoms with Crippen LogP contribution in [-0.4, -0.2) is 17.4 Å². The normalized spacial score (nSPS) is 10.8. The number of Topliss-reactive ketones (excluding diaryl/α,β-unsaturated/α-hetero) is 1. The highest BCUT2D eigenvalue weighted by Crippen LogP contribution is 2.38. The molecule has 0 radical (unpaired) electrons. The van der Waals surface area contributed by atoms with Crippen LogP contribution in [0.15, 0.2) is 4.21 Å². The van der Waals surface area contributed by atoms with E-state index in [4.69, 9.17) is 11.5 Å². The van der Waals surface area contributed by atoms with Crippen molar-refractivity contribution in [2.45, 2.75) is 25.0 Å². The highest BCUT2D eigenvalue weighted by molar-refractivity contribution is 8.01. The van der Waals surface area contributed by atoms with E-state index >= 15 is 0 Å². The first-order valence-electron chi connectivity index (χ1n) is 5.29. The van der Waals surface area contributed by atoms with Gasteiger partial charge in [-0.1, -0.05) is 20.8 Å². The zero-order valence-corrected chi connectivity index (χ0v) is 11.7. The molecule has 0 saturated carbocycles. The number of hydrogen-bond donors (Lipinski definition) is 2. The Hall–Kier alpha value is -1.01. The fraction of sp³-hybridized carbons (Fsp3) is 0.455. The number of carbonyl (C=O) groups is 2. The first-order chi connectivity index (χ1) is 7.90. The largest absolute Gasteiger partial charge is 0.397 e. The van der Waals surface area contributed by atoms with E-state index in [0.29, 0.717) is 10.4 Å². The first-order valence-corrected chi connectivity index (χ1v) is 7.09. The van der Waals surface area contributed by atoms with Gasteiger partial charge < -0.3 is 11.5 Å². The van der Waals surface area contributed by atoms with Crippen molar-refractivity contribution in [1.82, 2.24) is 0 Å². The third-order valence-electron chi connectivity index (χ3n) is 2.18. The van der Waals surface area contributed by atoms with Crippen molar-refractivity contribution in [3.8, 4) is 0 Å². The lowest BCUT2D eigenvalue weighted by Crippen LogP contribution is -2.14. The summed E-state index contributed by atoms with van der Waals surface area (Å²) in [6.07, 6.45) is 0. The van der Waals surface area contributed by atoms with Crippen LogP contribution in [0.2, 0.25) is 0 Å². The van der Waals surface area contributed by atoms with Crippen LogP contribution in [0.3, 0.4) is 0 Å². The van der Waals surface area contributed by atoms with Crippen LogP contribution in [0.1, 0.15) is 40.8 Å². The summed E-state index contributed by atoms with van der Waals surface area (Å²) in [5, 5.41) is 0. The van der Waals surface area contributed by atoms with Crippen LogP contribution in [0.5, 0.6) is 0 Å². The Bertz CT molecular complexity index is 453. The van der Waals surface area contributed by atoms with Crippen LogP contribution in [0.4, 0.5) is 5.69 Å². The average molecular weight is 272 g/mol. The summed E-state index contributed by atoms with van der Waals surface area (Å²) in [6.45, 7) is 5.57. The van der Waals surface area contributed by atoms with Crippen LogP contribution in [-0.2, 0) is 0 Å². The fourth-order valence-corrected chi connectivity index (χ4v) is 3.84. The van der Waals surface area contributed by atoms with Crippen LogP contribution >= 0.6 is 23.1 Å². The monoisotopic (exact) mass is 272 g/mol. The van der Waals surface area contributed by atoms with Crippen molar-refractivity contribution in [3.63, 3.8) is 0 Å². The molecule has 0 spiro atoms. The first kappa shape index (κ1) is 14.1. The molecule has 94 valence electrons. The highest BCUT2D eigenvalue weighted by Gasteiger charge is 2.25. The molecular weight excluding hydrogens is 256 g/mol. The van der Waals surface area contributed by atoms with Gasteiger partial charge in [0, 0.05) is 5.92 Å². The van der Waals surface area contributed by atoms with E-state index in [1.807, 2.05) is 6.92 Å². The molecule has 4 nitrogen and oxygen atoms in total. The Balaban J connectivity index is 3.31. The number of hydrogen-bond acceptors (Lipinski definition) is 5. The maximum atomic E-state index is 11.9. The van der Waals surface area contributed by atoms with Gasteiger partial charge >= 0.3 is 0 Å². The number of thioether (sulfide) groups is 1. The Morgan fingerprint density at radius 3 is 2.41 bits per heavy atom. The maximum absolute atomic E-state index is 11.9. The van der Waals surface area contributed by atoms with Crippen molar-refractivity contribution in [3.05, 3.63) is 10.4 Å². The molecule has 1 rings (SSSR count). The summed E-state index contributed by atoms with van der Waals surface area (Å²) in [6, 6.07) is 0. The number of thiophene rings is 1. The molecule has 6 heteroatoms. The summed E-state index contributed by atoms with van der Waals surface area (Å²) >= 11 is 2.74. The van der Waals surface area contributed by atoms with E-state index in [0.717, 1.165) is 9.96 Å². The second kappa shape index (κ2) is 5.55. The van der Waals surface area contributed by atoms with Crippen LogP contribution in [0.25, 0.3) is 0 Å². The van der Waals surface area contributed by atoms with Crippen molar-refractivity contribution in [1.29, 1.82) is 0 Å². The molecule has 0 fully saturated rings. The molecule has 0 unspecified atom stereocenters. The Kier molecular flexibility index (Phi) is 4.59. The minimum Gasteiger partial charge on any atom is -0.397 e. The summed E-state index contributed by atoms with van der Waals surface area (Å²) in [5.41, 5.74) is 11.7. The number of nitrogen functional groups attached to an aromatic ring is 1. The summed E-state index contributed by atoms with van der Waals surface area (Å²) in [7, 11) is 0. The van der Waals surface area contributed by atoms with Gasteiger partial charge in [0.2, 0.25) is 0 Å². The number of nitrogens with two attached hydrogens (primary N) is 2. The van der Waals surface area contributed by atoms with Crippen molar-refractivity contribution < 1.29 is 9.59 Å². The molecule has 0 aliphatic heterocycles. The topological polar surface area (TPSA) is 86.2 Å².